The largest absolute Gasteiger partial charge is 0.456 e. The Bertz CT molecular complexity index is 735. The average Bonchev–Trinajstić information content (AvgIpc) is 3.04. The summed E-state index contributed by atoms with van der Waals surface area (Å²) in [5, 5.41) is 3.38. The van der Waals surface area contributed by atoms with Gasteiger partial charge in [0.25, 0.3) is 0 Å². The maximum atomic E-state index is 13.2. The van der Waals surface area contributed by atoms with Crippen molar-refractivity contribution >= 4 is 24.0 Å². The van der Waals surface area contributed by atoms with E-state index in [2.05, 4.69) is 38.7 Å². The molecule has 1 aliphatic rings. The summed E-state index contributed by atoms with van der Waals surface area (Å²) in [5.41, 5.74) is 4.58. The van der Waals surface area contributed by atoms with Crippen molar-refractivity contribution in [2.45, 2.75) is 79.0 Å². The number of carbonyl (C=O) groups excluding carboxylic acids is 3. The third-order valence-electron chi connectivity index (χ3n) is 4.76. The van der Waals surface area contributed by atoms with Gasteiger partial charge in [-0.25, -0.2) is 4.79 Å². The number of nitrogens with zero attached hydrogens (tertiary/aromatic N) is 1. The molecule has 1 aliphatic heterocycles. The molecule has 0 saturated carbocycles. The van der Waals surface area contributed by atoms with Gasteiger partial charge in [-0.1, -0.05) is 26.8 Å². The fourth-order valence-corrected chi connectivity index (χ4v) is 3.31. The molecule has 1 heterocycles. The number of ether oxygens (including phenoxy) is 1. The number of anilines is 1. The molecule has 0 aliphatic carbocycles. The third-order valence-corrected chi connectivity index (χ3v) is 4.76. The first-order chi connectivity index (χ1) is 13.8. The predicted octanol–water partition coefficient (Wildman–Crippen LogP) is 3.58. The van der Waals surface area contributed by atoms with Gasteiger partial charge in [-0.2, -0.15) is 0 Å². The number of benzene rings is 1. The molecule has 7 nitrogen and oxygen atoms in total. The predicted molar refractivity (Wildman–Crippen MR) is 119 cm³/mol. The number of esters is 1. The minimum Gasteiger partial charge on any atom is -0.456 e. The number of hydrogen-bond donors (Lipinski definition) is 2. The summed E-state index contributed by atoms with van der Waals surface area (Å²) in [6, 6.07) is 7.09. The Morgan fingerprint density at radius 2 is 1.83 bits per heavy atom. The lowest BCUT2D eigenvalue weighted by Gasteiger charge is -2.35. The highest BCUT2D eigenvalue weighted by atomic mass is 16.6. The molecule has 0 bridgehead atoms. The second-order valence-electron chi connectivity index (χ2n) is 9.69. The van der Waals surface area contributed by atoms with Crippen LogP contribution < -0.4 is 11.1 Å². The average molecular weight is 420 g/mol. The van der Waals surface area contributed by atoms with Gasteiger partial charge in [0, 0.05) is 18.3 Å². The molecule has 3 N–H and O–H groups in total. The van der Waals surface area contributed by atoms with Crippen molar-refractivity contribution in [1.82, 2.24) is 4.90 Å². The lowest BCUT2D eigenvalue weighted by Crippen LogP contribution is -2.50. The van der Waals surface area contributed by atoms with Crippen LogP contribution in [0.15, 0.2) is 24.3 Å². The van der Waals surface area contributed by atoms with Crippen molar-refractivity contribution in [1.29, 1.82) is 0 Å². The number of likely N-dealkylation sites (tertiary alicyclic amines) is 1. The zero-order valence-electron chi connectivity index (χ0n) is 19.3. The van der Waals surface area contributed by atoms with E-state index in [4.69, 9.17) is 9.53 Å². The number of rotatable bonds is 4. The van der Waals surface area contributed by atoms with E-state index >= 15 is 0 Å². The Balaban J connectivity index is 0.00000141. The summed E-state index contributed by atoms with van der Waals surface area (Å²) in [5.74, 6) is -0.242. The SMILES string of the molecule is C[C@@H]1CCCN1C(=O)C(Nc1cccc(C(=O)OC(C)(C)C)c1)C(C)(C)C.NC=O. The van der Waals surface area contributed by atoms with E-state index in [-0.39, 0.29) is 35.8 Å². The molecule has 7 heteroatoms. The molecular weight excluding hydrogens is 382 g/mol. The molecule has 30 heavy (non-hydrogen) atoms. The van der Waals surface area contributed by atoms with E-state index in [1.165, 1.54) is 0 Å². The molecule has 1 unspecified atom stereocenters. The third kappa shape index (κ3) is 7.69. The number of nitrogens with one attached hydrogen (secondary N) is 1. The quantitative estimate of drug-likeness (QED) is 0.574. The molecular formula is C23H37N3O4. The van der Waals surface area contributed by atoms with Gasteiger partial charge in [-0.15, -0.1) is 0 Å². The van der Waals surface area contributed by atoms with Crippen LogP contribution in [-0.2, 0) is 14.3 Å². The Hall–Kier alpha value is -2.57. The van der Waals surface area contributed by atoms with E-state index in [1.54, 1.807) is 12.1 Å². The van der Waals surface area contributed by atoms with Crippen molar-refractivity contribution in [2.24, 2.45) is 11.1 Å². The Kier molecular flexibility index (Phi) is 8.88. The van der Waals surface area contributed by atoms with E-state index in [0.717, 1.165) is 25.1 Å². The maximum absolute atomic E-state index is 13.2. The van der Waals surface area contributed by atoms with Gasteiger partial charge in [0.15, 0.2) is 0 Å². The highest BCUT2D eigenvalue weighted by Gasteiger charge is 2.37. The van der Waals surface area contributed by atoms with Gasteiger partial charge in [0.2, 0.25) is 12.3 Å². The molecule has 0 spiro atoms. The summed E-state index contributed by atoms with van der Waals surface area (Å²) >= 11 is 0. The molecule has 1 aromatic rings. The first-order valence-electron chi connectivity index (χ1n) is 10.4. The maximum Gasteiger partial charge on any atom is 0.338 e. The van der Waals surface area contributed by atoms with E-state index in [9.17, 15) is 9.59 Å². The molecule has 0 aromatic heterocycles. The van der Waals surface area contributed by atoms with E-state index in [0.29, 0.717) is 5.56 Å². The van der Waals surface area contributed by atoms with Crippen LogP contribution in [-0.4, -0.2) is 47.4 Å². The van der Waals surface area contributed by atoms with Gasteiger partial charge in [-0.3, -0.25) is 9.59 Å². The van der Waals surface area contributed by atoms with Gasteiger partial charge in [-0.05, 0) is 64.2 Å². The smallest absolute Gasteiger partial charge is 0.338 e. The fourth-order valence-electron chi connectivity index (χ4n) is 3.31. The molecule has 2 atom stereocenters. The van der Waals surface area contributed by atoms with E-state index in [1.807, 2.05) is 37.8 Å². The van der Waals surface area contributed by atoms with Gasteiger partial charge in [0.05, 0.1) is 5.56 Å². The van der Waals surface area contributed by atoms with Crippen molar-refractivity contribution in [3.63, 3.8) is 0 Å². The van der Waals surface area contributed by atoms with Crippen LogP contribution in [0.25, 0.3) is 0 Å². The minimum atomic E-state index is -0.545. The molecule has 2 rings (SSSR count). The molecule has 2 amide bonds. The van der Waals surface area contributed by atoms with Crippen molar-refractivity contribution in [2.75, 3.05) is 11.9 Å². The zero-order valence-corrected chi connectivity index (χ0v) is 19.3. The Morgan fingerprint density at radius 1 is 1.23 bits per heavy atom. The number of carbonyl (C=O) groups is 3. The van der Waals surface area contributed by atoms with Crippen LogP contribution >= 0.6 is 0 Å². The van der Waals surface area contributed by atoms with Gasteiger partial charge in [0.1, 0.15) is 11.6 Å². The molecule has 1 aromatic carbocycles. The first kappa shape index (κ1) is 25.5. The Labute approximate surface area is 180 Å². The van der Waals surface area contributed by atoms with Crippen molar-refractivity contribution in [3.8, 4) is 0 Å². The summed E-state index contributed by atoms with van der Waals surface area (Å²) in [4.78, 5) is 36.1. The second-order valence-corrected chi connectivity index (χ2v) is 9.69. The monoisotopic (exact) mass is 419 g/mol. The number of nitrogens with two attached hydrogens (primary N) is 1. The normalized spacial score (nSPS) is 17.4. The molecule has 1 fully saturated rings. The minimum absolute atomic E-state index is 0.121. The van der Waals surface area contributed by atoms with Crippen LogP contribution in [0.4, 0.5) is 5.69 Å². The topological polar surface area (TPSA) is 102 Å². The van der Waals surface area contributed by atoms with Gasteiger partial charge < -0.3 is 20.7 Å². The Morgan fingerprint density at radius 3 is 2.30 bits per heavy atom. The molecule has 0 radical (unpaired) electrons. The van der Waals surface area contributed by atoms with Crippen LogP contribution in [0.1, 0.15) is 71.7 Å². The van der Waals surface area contributed by atoms with Crippen molar-refractivity contribution in [3.05, 3.63) is 29.8 Å². The highest BCUT2D eigenvalue weighted by Crippen LogP contribution is 2.28. The van der Waals surface area contributed by atoms with Crippen LogP contribution in [0.2, 0.25) is 0 Å². The lowest BCUT2D eigenvalue weighted by atomic mass is 9.85. The summed E-state index contributed by atoms with van der Waals surface area (Å²) in [7, 11) is 0. The zero-order chi connectivity index (χ0) is 23.1. The van der Waals surface area contributed by atoms with Crippen LogP contribution in [0.5, 0.6) is 0 Å². The number of amides is 2. The van der Waals surface area contributed by atoms with Crippen LogP contribution in [0.3, 0.4) is 0 Å². The van der Waals surface area contributed by atoms with E-state index < -0.39 is 5.60 Å². The fraction of sp³-hybridized carbons (Fsp3) is 0.609. The first-order valence-corrected chi connectivity index (χ1v) is 10.4. The lowest BCUT2D eigenvalue weighted by molar-refractivity contribution is -0.134. The molecule has 168 valence electrons. The van der Waals surface area contributed by atoms with Crippen molar-refractivity contribution < 1.29 is 19.1 Å². The number of primary amides is 1. The highest BCUT2D eigenvalue weighted by molar-refractivity contribution is 5.91. The second kappa shape index (κ2) is 10.5. The summed E-state index contributed by atoms with van der Waals surface area (Å²) in [6.45, 7) is 14.6. The standard InChI is InChI=1S/C22H34N2O3.CH3NO/c1-15-10-9-13-24(15)19(25)18(21(2,3)4)23-17-12-8-11-16(14-17)20(26)27-22(5,6)7;2-1-3/h8,11-12,14-15,18,23H,9-10,13H2,1-7H3;1H,(H2,2,3)/t15-,18?;/m1./s1. The molecule has 1 saturated heterocycles. The number of hydrogen-bond acceptors (Lipinski definition) is 5. The van der Waals surface area contributed by atoms with Crippen LogP contribution in [0, 0.1) is 5.41 Å². The summed E-state index contributed by atoms with van der Waals surface area (Å²) in [6.07, 6.45) is 2.36. The van der Waals surface area contributed by atoms with Gasteiger partial charge >= 0.3 is 5.97 Å². The summed E-state index contributed by atoms with van der Waals surface area (Å²) < 4.78 is 5.45.